The number of hydrogen-bond donors (Lipinski definition) is 1. The van der Waals surface area contributed by atoms with Gasteiger partial charge in [0.25, 0.3) is 0 Å². The summed E-state index contributed by atoms with van der Waals surface area (Å²) in [5.74, 6) is -0.271. The van der Waals surface area contributed by atoms with Crippen molar-refractivity contribution in [2.45, 2.75) is 26.2 Å². The molecule has 0 saturated carbocycles. The first-order chi connectivity index (χ1) is 8.79. The van der Waals surface area contributed by atoms with E-state index in [2.05, 4.69) is 11.9 Å². The highest BCUT2D eigenvalue weighted by atomic mass is 35.5. The van der Waals surface area contributed by atoms with Gasteiger partial charge in [-0.05, 0) is 44.5 Å². The number of hydrogen-bond acceptors (Lipinski definition) is 2. The quantitative estimate of drug-likeness (QED) is 0.922. The average molecular weight is 282 g/mol. The topological polar surface area (TPSA) is 40.5 Å². The number of likely N-dealkylation sites (tertiary alicyclic amines) is 1. The van der Waals surface area contributed by atoms with E-state index >= 15 is 0 Å². The van der Waals surface area contributed by atoms with Gasteiger partial charge in [-0.1, -0.05) is 23.7 Å². The second kappa shape index (κ2) is 5.14. The van der Waals surface area contributed by atoms with Gasteiger partial charge < -0.3 is 10.0 Å². The molecule has 1 aromatic rings. The Bertz CT molecular complexity index is 493. The lowest BCUT2D eigenvalue weighted by molar-refractivity contribution is -0.146. The van der Waals surface area contributed by atoms with Gasteiger partial charge >= 0.3 is 5.97 Å². The molecular formula is C15H20ClNO2. The molecule has 1 heterocycles. The summed E-state index contributed by atoms with van der Waals surface area (Å²) in [5.41, 5.74) is 1.40. The van der Waals surface area contributed by atoms with Crippen LogP contribution in [-0.4, -0.2) is 36.1 Å². The van der Waals surface area contributed by atoms with E-state index in [0.29, 0.717) is 12.3 Å². The summed E-state index contributed by atoms with van der Waals surface area (Å²) in [6.07, 6.45) is 0.493. The van der Waals surface area contributed by atoms with Crippen LogP contribution in [0.3, 0.4) is 0 Å². The number of likely N-dealkylation sites (N-methyl/N-ethyl adjacent to an activating group) is 1. The third-order valence-electron chi connectivity index (χ3n) is 3.79. The zero-order valence-corrected chi connectivity index (χ0v) is 12.4. The van der Waals surface area contributed by atoms with Crippen LogP contribution in [0.1, 0.15) is 30.9 Å². The van der Waals surface area contributed by atoms with E-state index in [1.807, 2.05) is 18.2 Å². The molecule has 1 saturated heterocycles. The second-order valence-electron chi connectivity index (χ2n) is 6.14. The Labute approximate surface area is 119 Å². The fourth-order valence-electron chi connectivity index (χ4n) is 2.49. The Hall–Kier alpha value is -1.06. The Morgan fingerprint density at radius 2 is 2.11 bits per heavy atom. The molecule has 1 fully saturated rings. The maximum absolute atomic E-state index is 11.1. The molecule has 1 aliphatic heterocycles. The van der Waals surface area contributed by atoms with Crippen molar-refractivity contribution < 1.29 is 9.90 Å². The summed E-state index contributed by atoms with van der Waals surface area (Å²) in [7, 11) is 2.09. The number of nitrogens with zero attached hydrogens (tertiary/aromatic N) is 1. The molecule has 3 nitrogen and oxygen atoms in total. The molecule has 0 bridgehead atoms. The Kier molecular flexibility index (Phi) is 3.88. The van der Waals surface area contributed by atoms with Crippen molar-refractivity contribution in [1.82, 2.24) is 4.90 Å². The number of benzene rings is 1. The van der Waals surface area contributed by atoms with Crippen LogP contribution in [0.5, 0.6) is 0 Å². The smallest absolute Gasteiger partial charge is 0.309 e. The number of aliphatic carboxylic acids is 1. The molecule has 1 aliphatic rings. The highest BCUT2D eigenvalue weighted by Gasteiger charge is 2.29. The molecule has 0 radical (unpaired) electrons. The van der Waals surface area contributed by atoms with Gasteiger partial charge in [0.05, 0.1) is 5.41 Å². The van der Waals surface area contributed by atoms with Gasteiger partial charge in [-0.15, -0.1) is 0 Å². The van der Waals surface area contributed by atoms with Gasteiger partial charge in [-0.3, -0.25) is 4.79 Å². The van der Waals surface area contributed by atoms with Crippen LogP contribution in [0.4, 0.5) is 0 Å². The summed E-state index contributed by atoms with van der Waals surface area (Å²) in [6.45, 7) is 5.55. The number of carbonyl (C=O) groups is 1. The van der Waals surface area contributed by atoms with Crippen LogP contribution in [-0.2, 0) is 11.2 Å². The van der Waals surface area contributed by atoms with Crippen molar-refractivity contribution in [3.8, 4) is 0 Å². The van der Waals surface area contributed by atoms with Crippen LogP contribution in [0.25, 0.3) is 0 Å². The lowest BCUT2D eigenvalue weighted by Gasteiger charge is -2.37. The predicted molar refractivity (Wildman–Crippen MR) is 76.8 cm³/mol. The zero-order valence-electron chi connectivity index (χ0n) is 11.6. The van der Waals surface area contributed by atoms with Crippen LogP contribution in [0.2, 0.25) is 5.02 Å². The standard InChI is InChI=1S/C15H20ClNO2/c1-15(2,14(18)19)7-10-4-5-12(13(16)6-10)11-8-17(3)9-11/h4-6,11H,7-9H2,1-3H3,(H,18,19). The first-order valence-corrected chi connectivity index (χ1v) is 6.87. The molecule has 1 N–H and O–H groups in total. The first kappa shape index (κ1) is 14.4. The molecule has 104 valence electrons. The van der Waals surface area contributed by atoms with Gasteiger partial charge in [-0.25, -0.2) is 0 Å². The summed E-state index contributed by atoms with van der Waals surface area (Å²) in [4.78, 5) is 13.4. The number of carboxylic acids is 1. The van der Waals surface area contributed by atoms with Crippen molar-refractivity contribution in [2.24, 2.45) is 5.41 Å². The third kappa shape index (κ3) is 3.10. The minimum Gasteiger partial charge on any atom is -0.481 e. The molecule has 19 heavy (non-hydrogen) atoms. The SMILES string of the molecule is CN1CC(c2ccc(CC(C)(C)C(=O)O)cc2Cl)C1. The molecule has 0 unspecified atom stereocenters. The number of rotatable bonds is 4. The molecule has 0 aliphatic carbocycles. The van der Waals surface area contributed by atoms with E-state index < -0.39 is 11.4 Å². The van der Waals surface area contributed by atoms with E-state index in [4.69, 9.17) is 16.7 Å². The van der Waals surface area contributed by atoms with Crippen molar-refractivity contribution in [3.63, 3.8) is 0 Å². The Balaban J connectivity index is 2.13. The van der Waals surface area contributed by atoms with Crippen molar-refractivity contribution in [3.05, 3.63) is 34.3 Å². The third-order valence-corrected chi connectivity index (χ3v) is 4.12. The molecule has 0 amide bonds. The monoisotopic (exact) mass is 281 g/mol. The average Bonchev–Trinajstić information content (AvgIpc) is 2.25. The van der Waals surface area contributed by atoms with E-state index in [-0.39, 0.29) is 0 Å². The van der Waals surface area contributed by atoms with E-state index in [1.165, 1.54) is 5.56 Å². The summed E-state index contributed by atoms with van der Waals surface area (Å²) < 4.78 is 0. The van der Waals surface area contributed by atoms with Gasteiger partial charge in [0, 0.05) is 24.0 Å². The lowest BCUT2D eigenvalue weighted by atomic mass is 9.84. The molecule has 2 rings (SSSR count). The maximum Gasteiger partial charge on any atom is 0.309 e. The largest absolute Gasteiger partial charge is 0.481 e. The van der Waals surface area contributed by atoms with Crippen molar-refractivity contribution in [2.75, 3.05) is 20.1 Å². The molecule has 0 spiro atoms. The molecule has 0 atom stereocenters. The fraction of sp³-hybridized carbons (Fsp3) is 0.533. The van der Waals surface area contributed by atoms with Gasteiger partial charge in [0.2, 0.25) is 0 Å². The van der Waals surface area contributed by atoms with Crippen LogP contribution in [0.15, 0.2) is 18.2 Å². The van der Waals surface area contributed by atoms with Crippen molar-refractivity contribution >= 4 is 17.6 Å². The Morgan fingerprint density at radius 1 is 1.47 bits per heavy atom. The predicted octanol–water partition coefficient (Wildman–Crippen LogP) is 3.02. The van der Waals surface area contributed by atoms with Gasteiger partial charge in [0.15, 0.2) is 0 Å². The van der Waals surface area contributed by atoms with E-state index in [9.17, 15) is 4.79 Å². The first-order valence-electron chi connectivity index (χ1n) is 6.50. The van der Waals surface area contributed by atoms with Crippen LogP contribution < -0.4 is 0 Å². The highest BCUT2D eigenvalue weighted by Crippen LogP contribution is 2.33. The lowest BCUT2D eigenvalue weighted by Crippen LogP contribution is -2.41. The number of carboxylic acid groups (broad SMARTS) is 1. The summed E-state index contributed by atoms with van der Waals surface area (Å²) in [6, 6.07) is 5.97. The van der Waals surface area contributed by atoms with Crippen LogP contribution in [0, 0.1) is 5.41 Å². The minimum atomic E-state index is -0.784. The highest BCUT2D eigenvalue weighted by molar-refractivity contribution is 6.31. The van der Waals surface area contributed by atoms with Crippen LogP contribution >= 0.6 is 11.6 Å². The normalized spacial score (nSPS) is 17.3. The maximum atomic E-state index is 11.1. The summed E-state index contributed by atoms with van der Waals surface area (Å²) in [5, 5.41) is 9.91. The second-order valence-corrected chi connectivity index (χ2v) is 6.55. The summed E-state index contributed by atoms with van der Waals surface area (Å²) >= 11 is 6.33. The van der Waals surface area contributed by atoms with E-state index in [0.717, 1.165) is 23.7 Å². The van der Waals surface area contributed by atoms with Crippen molar-refractivity contribution in [1.29, 1.82) is 0 Å². The zero-order chi connectivity index (χ0) is 14.2. The van der Waals surface area contributed by atoms with E-state index in [1.54, 1.807) is 13.8 Å². The number of halogens is 1. The molecule has 0 aromatic heterocycles. The fourth-order valence-corrected chi connectivity index (χ4v) is 2.85. The molecular weight excluding hydrogens is 262 g/mol. The van der Waals surface area contributed by atoms with Gasteiger partial charge in [-0.2, -0.15) is 0 Å². The Morgan fingerprint density at radius 3 is 2.58 bits per heavy atom. The van der Waals surface area contributed by atoms with Gasteiger partial charge in [0.1, 0.15) is 0 Å². The molecule has 1 aromatic carbocycles. The molecule has 4 heteroatoms. The minimum absolute atomic E-state index is 0.493.